The van der Waals surface area contributed by atoms with Crippen LogP contribution in [0.3, 0.4) is 0 Å². The van der Waals surface area contributed by atoms with Crippen molar-refractivity contribution >= 4 is 11.8 Å². The summed E-state index contributed by atoms with van der Waals surface area (Å²) in [6, 6.07) is 9.64. The van der Waals surface area contributed by atoms with Gasteiger partial charge < -0.3 is 10.2 Å². The van der Waals surface area contributed by atoms with Gasteiger partial charge in [-0.1, -0.05) is 18.2 Å². The second-order valence-electron chi connectivity index (χ2n) is 6.58. The zero-order valence-corrected chi connectivity index (χ0v) is 16.1. The average molecular weight is 393 g/mol. The van der Waals surface area contributed by atoms with E-state index in [-0.39, 0.29) is 29.7 Å². The maximum Gasteiger partial charge on any atom is 0.272 e. The van der Waals surface area contributed by atoms with Crippen molar-refractivity contribution in [2.75, 3.05) is 7.05 Å². The van der Waals surface area contributed by atoms with Gasteiger partial charge in [-0.05, 0) is 35.7 Å². The van der Waals surface area contributed by atoms with E-state index in [1.807, 2.05) is 6.07 Å². The van der Waals surface area contributed by atoms with Crippen LogP contribution in [0.4, 0.5) is 4.39 Å². The second kappa shape index (κ2) is 9.01. The molecule has 2 aromatic heterocycles. The number of nitrogens with one attached hydrogen (secondary N) is 1. The van der Waals surface area contributed by atoms with E-state index >= 15 is 0 Å². The minimum atomic E-state index is -0.446. The summed E-state index contributed by atoms with van der Waals surface area (Å²) in [5.41, 5.74) is 2.35. The first-order valence-corrected chi connectivity index (χ1v) is 8.93. The molecule has 29 heavy (non-hydrogen) atoms. The Morgan fingerprint density at radius 1 is 1.10 bits per heavy atom. The largest absolute Gasteiger partial charge is 0.347 e. The van der Waals surface area contributed by atoms with Crippen LogP contribution >= 0.6 is 0 Å². The minimum Gasteiger partial charge on any atom is -0.347 e. The zero-order chi connectivity index (χ0) is 20.8. The Hall–Kier alpha value is -3.68. The number of aromatic nitrogens is 3. The number of halogens is 1. The van der Waals surface area contributed by atoms with Crippen LogP contribution in [0.15, 0.2) is 55.1 Å². The fourth-order valence-corrected chi connectivity index (χ4v) is 2.72. The number of pyridine rings is 1. The molecule has 0 saturated carbocycles. The Kier molecular flexibility index (Phi) is 6.23. The summed E-state index contributed by atoms with van der Waals surface area (Å²) in [5.74, 6) is -1.08. The van der Waals surface area contributed by atoms with E-state index < -0.39 is 5.91 Å². The highest BCUT2D eigenvalue weighted by Crippen LogP contribution is 2.10. The van der Waals surface area contributed by atoms with Crippen LogP contribution in [-0.2, 0) is 13.1 Å². The van der Waals surface area contributed by atoms with Gasteiger partial charge in [0, 0.05) is 38.6 Å². The van der Waals surface area contributed by atoms with Gasteiger partial charge in [-0.15, -0.1) is 0 Å². The van der Waals surface area contributed by atoms with Crippen molar-refractivity contribution in [1.82, 2.24) is 25.2 Å². The molecule has 0 aliphatic rings. The molecule has 1 N–H and O–H groups in total. The summed E-state index contributed by atoms with van der Waals surface area (Å²) in [7, 11) is 1.65. The van der Waals surface area contributed by atoms with Gasteiger partial charge in [0.1, 0.15) is 23.5 Å². The van der Waals surface area contributed by atoms with E-state index in [0.717, 1.165) is 11.1 Å². The first kappa shape index (κ1) is 20.1. The van der Waals surface area contributed by atoms with Crippen LogP contribution in [0.1, 0.15) is 37.7 Å². The molecule has 8 heteroatoms. The first-order valence-electron chi connectivity index (χ1n) is 8.93. The lowest BCUT2D eigenvalue weighted by Gasteiger charge is -2.16. The van der Waals surface area contributed by atoms with E-state index in [4.69, 9.17) is 0 Å². The lowest BCUT2D eigenvalue weighted by molar-refractivity contribution is 0.0779. The number of carbonyl (C=O) groups excluding carboxylic acids is 2. The van der Waals surface area contributed by atoms with Gasteiger partial charge in [-0.3, -0.25) is 14.6 Å². The minimum absolute atomic E-state index is 0.0805. The highest BCUT2D eigenvalue weighted by molar-refractivity contribution is 5.97. The molecular formula is C21H20FN5O2. The molecule has 148 valence electrons. The number of amides is 2. The molecule has 2 heterocycles. The fourth-order valence-electron chi connectivity index (χ4n) is 2.72. The van der Waals surface area contributed by atoms with Crippen molar-refractivity contribution in [2.45, 2.75) is 20.0 Å². The molecule has 7 nitrogen and oxygen atoms in total. The normalized spacial score (nSPS) is 10.4. The molecule has 0 spiro atoms. The highest BCUT2D eigenvalue weighted by Gasteiger charge is 2.17. The maximum atomic E-state index is 13.3. The second-order valence-corrected chi connectivity index (χ2v) is 6.58. The molecule has 1 aromatic carbocycles. The van der Waals surface area contributed by atoms with E-state index in [0.29, 0.717) is 12.1 Å². The summed E-state index contributed by atoms with van der Waals surface area (Å²) >= 11 is 0. The number of hydrogen-bond donors (Lipinski definition) is 1. The fraction of sp³-hybridized carbons (Fsp3) is 0.190. The molecule has 3 aromatic rings. The van der Waals surface area contributed by atoms with Gasteiger partial charge in [0.15, 0.2) is 0 Å². The van der Waals surface area contributed by atoms with Crippen molar-refractivity contribution in [3.05, 3.63) is 89.0 Å². The Morgan fingerprint density at radius 2 is 1.90 bits per heavy atom. The third-order valence-corrected chi connectivity index (χ3v) is 4.28. The summed E-state index contributed by atoms with van der Waals surface area (Å²) in [4.78, 5) is 38.5. The van der Waals surface area contributed by atoms with Gasteiger partial charge in [-0.25, -0.2) is 14.4 Å². The Bertz CT molecular complexity index is 1030. The monoisotopic (exact) mass is 393 g/mol. The summed E-state index contributed by atoms with van der Waals surface area (Å²) in [5, 5.41) is 2.71. The van der Waals surface area contributed by atoms with Crippen molar-refractivity contribution in [3.63, 3.8) is 0 Å². The Balaban J connectivity index is 1.65. The molecule has 2 amide bonds. The third kappa shape index (κ3) is 5.19. The summed E-state index contributed by atoms with van der Waals surface area (Å²) < 4.78 is 13.3. The molecule has 0 fully saturated rings. The van der Waals surface area contributed by atoms with Gasteiger partial charge >= 0.3 is 0 Å². The topological polar surface area (TPSA) is 88.1 Å². The molecule has 0 unspecified atom stereocenters. The number of aryl methyl sites for hydroxylation is 1. The molecule has 0 aliphatic carbocycles. The molecule has 0 bridgehead atoms. The van der Waals surface area contributed by atoms with Crippen LogP contribution in [0, 0.1) is 12.7 Å². The van der Waals surface area contributed by atoms with Crippen molar-refractivity contribution < 1.29 is 14.0 Å². The molecule has 0 radical (unpaired) electrons. The summed E-state index contributed by atoms with van der Waals surface area (Å²) in [6.07, 6.45) is 4.52. The van der Waals surface area contributed by atoms with Crippen LogP contribution in [-0.4, -0.2) is 38.7 Å². The number of hydrogen-bond acceptors (Lipinski definition) is 5. The Morgan fingerprint density at radius 3 is 2.62 bits per heavy atom. The SMILES string of the molecule is Cc1cc(CNC(=O)c2cc(C(=O)N(C)Cc3cccnc3)ncn2)ccc1F. The van der Waals surface area contributed by atoms with Crippen LogP contribution in [0.2, 0.25) is 0 Å². The average Bonchev–Trinajstić information content (AvgIpc) is 2.74. The van der Waals surface area contributed by atoms with Gasteiger partial charge in [0.25, 0.3) is 11.8 Å². The van der Waals surface area contributed by atoms with Crippen molar-refractivity contribution in [2.24, 2.45) is 0 Å². The number of nitrogens with zero attached hydrogens (tertiary/aromatic N) is 4. The number of rotatable bonds is 6. The van der Waals surface area contributed by atoms with Crippen molar-refractivity contribution in [3.8, 4) is 0 Å². The third-order valence-electron chi connectivity index (χ3n) is 4.28. The van der Waals surface area contributed by atoms with Crippen molar-refractivity contribution in [1.29, 1.82) is 0 Å². The predicted molar refractivity (Wildman–Crippen MR) is 104 cm³/mol. The number of benzene rings is 1. The van der Waals surface area contributed by atoms with Crippen LogP contribution in [0.25, 0.3) is 0 Å². The summed E-state index contributed by atoms with van der Waals surface area (Å²) in [6.45, 7) is 2.24. The smallest absolute Gasteiger partial charge is 0.272 e. The molecular weight excluding hydrogens is 373 g/mol. The van der Waals surface area contributed by atoms with Gasteiger partial charge in [0.2, 0.25) is 0 Å². The van der Waals surface area contributed by atoms with E-state index in [1.54, 1.807) is 44.6 Å². The molecule has 0 atom stereocenters. The zero-order valence-electron chi connectivity index (χ0n) is 16.1. The quantitative estimate of drug-likeness (QED) is 0.695. The molecule has 3 rings (SSSR count). The van der Waals surface area contributed by atoms with E-state index in [1.165, 1.54) is 23.4 Å². The Labute approximate surface area is 167 Å². The lowest BCUT2D eigenvalue weighted by Crippen LogP contribution is -2.28. The first-order chi connectivity index (χ1) is 13.9. The van der Waals surface area contributed by atoms with Gasteiger partial charge in [-0.2, -0.15) is 0 Å². The lowest BCUT2D eigenvalue weighted by atomic mass is 10.1. The van der Waals surface area contributed by atoms with Gasteiger partial charge in [0.05, 0.1) is 0 Å². The van der Waals surface area contributed by atoms with E-state index in [2.05, 4.69) is 20.3 Å². The standard InChI is InChI=1S/C21H20FN5O2/c1-14-8-15(5-6-17(14)22)11-24-20(28)18-9-19(26-13-25-18)21(29)27(2)12-16-4-3-7-23-10-16/h3-10,13H,11-12H2,1-2H3,(H,24,28). The maximum absolute atomic E-state index is 13.3. The van der Waals surface area contributed by atoms with E-state index in [9.17, 15) is 14.0 Å². The highest BCUT2D eigenvalue weighted by atomic mass is 19.1. The number of carbonyl (C=O) groups is 2. The van der Waals surface area contributed by atoms with Crippen LogP contribution in [0.5, 0.6) is 0 Å². The predicted octanol–water partition coefficient (Wildman–Crippen LogP) is 2.52. The molecule has 0 aliphatic heterocycles. The van der Waals surface area contributed by atoms with Crippen LogP contribution < -0.4 is 5.32 Å². The molecule has 0 saturated heterocycles.